The van der Waals surface area contributed by atoms with Crippen LogP contribution in [-0.2, 0) is 17.4 Å². The van der Waals surface area contributed by atoms with E-state index in [0.29, 0.717) is 6.42 Å². The molecule has 2 aromatic carbocycles. The molecule has 4 nitrogen and oxygen atoms in total. The standard InChI is InChI=1S/C19H19BrF3NO3/c20-17-4-2-1-3-13(17)5-10-18(26)24-11-15(25)12-27-16-8-6-14(7-9-16)19(21,22)23/h1-4,6-9,15,25H,5,10-12H2,(H,24,26). The molecule has 0 saturated carbocycles. The van der Waals surface area contributed by atoms with Gasteiger partial charge in [0.05, 0.1) is 5.56 Å². The second kappa shape index (κ2) is 9.75. The van der Waals surface area contributed by atoms with Crippen LogP contribution in [-0.4, -0.2) is 30.3 Å². The summed E-state index contributed by atoms with van der Waals surface area (Å²) in [4.78, 5) is 11.9. The molecule has 8 heteroatoms. The van der Waals surface area contributed by atoms with Crippen molar-refractivity contribution < 1.29 is 27.8 Å². The number of benzene rings is 2. The molecule has 27 heavy (non-hydrogen) atoms. The van der Waals surface area contributed by atoms with Crippen LogP contribution in [0.5, 0.6) is 5.75 Å². The quantitative estimate of drug-likeness (QED) is 0.646. The Labute approximate surface area is 163 Å². The highest BCUT2D eigenvalue weighted by Gasteiger charge is 2.30. The van der Waals surface area contributed by atoms with Crippen molar-refractivity contribution in [2.75, 3.05) is 13.2 Å². The second-order valence-electron chi connectivity index (χ2n) is 5.88. The van der Waals surface area contributed by atoms with Crippen molar-refractivity contribution in [2.24, 2.45) is 0 Å². The predicted octanol–water partition coefficient (Wildman–Crippen LogP) is 3.96. The van der Waals surface area contributed by atoms with Crippen molar-refractivity contribution in [2.45, 2.75) is 25.1 Å². The molecule has 1 atom stereocenters. The number of amides is 1. The summed E-state index contributed by atoms with van der Waals surface area (Å²) in [6, 6.07) is 11.8. The molecule has 0 spiro atoms. The van der Waals surface area contributed by atoms with E-state index in [2.05, 4.69) is 21.2 Å². The average molecular weight is 446 g/mol. The number of aliphatic hydroxyl groups is 1. The molecule has 0 aliphatic heterocycles. The third-order valence-electron chi connectivity index (χ3n) is 3.74. The van der Waals surface area contributed by atoms with Gasteiger partial charge in [0.25, 0.3) is 0 Å². The van der Waals surface area contributed by atoms with Gasteiger partial charge in [-0.05, 0) is 42.3 Å². The number of carbonyl (C=O) groups is 1. The van der Waals surface area contributed by atoms with Gasteiger partial charge < -0.3 is 15.2 Å². The summed E-state index contributed by atoms with van der Waals surface area (Å²) in [6.45, 7) is -0.148. The molecular formula is C19H19BrF3NO3. The van der Waals surface area contributed by atoms with E-state index in [-0.39, 0.29) is 31.2 Å². The Balaban J connectivity index is 1.69. The van der Waals surface area contributed by atoms with Crippen molar-refractivity contribution in [3.63, 3.8) is 0 Å². The number of alkyl halides is 3. The van der Waals surface area contributed by atoms with E-state index in [4.69, 9.17) is 4.74 Å². The number of aryl methyl sites for hydroxylation is 1. The zero-order valence-corrected chi connectivity index (χ0v) is 15.9. The second-order valence-corrected chi connectivity index (χ2v) is 6.74. The van der Waals surface area contributed by atoms with Gasteiger partial charge in [0.1, 0.15) is 18.5 Å². The Hall–Kier alpha value is -2.06. The number of hydrogen-bond acceptors (Lipinski definition) is 3. The molecule has 1 amide bonds. The van der Waals surface area contributed by atoms with Crippen molar-refractivity contribution in [3.05, 3.63) is 64.1 Å². The molecule has 0 saturated heterocycles. The minimum atomic E-state index is -4.41. The third-order valence-corrected chi connectivity index (χ3v) is 4.51. The summed E-state index contributed by atoms with van der Waals surface area (Å²) >= 11 is 3.42. The van der Waals surface area contributed by atoms with E-state index in [1.165, 1.54) is 12.1 Å². The SMILES string of the molecule is O=C(CCc1ccccc1Br)NCC(O)COc1ccc(C(F)(F)F)cc1. The monoisotopic (exact) mass is 445 g/mol. The zero-order valence-electron chi connectivity index (χ0n) is 14.3. The number of aliphatic hydroxyl groups excluding tert-OH is 1. The van der Waals surface area contributed by atoms with Crippen molar-refractivity contribution in [1.82, 2.24) is 5.32 Å². The first-order valence-corrected chi connectivity index (χ1v) is 9.03. The van der Waals surface area contributed by atoms with Crippen LogP contribution in [0.1, 0.15) is 17.5 Å². The van der Waals surface area contributed by atoms with E-state index in [1.54, 1.807) is 0 Å². The minimum absolute atomic E-state index is 0.00454. The number of rotatable bonds is 8. The van der Waals surface area contributed by atoms with Gasteiger partial charge in [-0.25, -0.2) is 0 Å². The molecule has 2 N–H and O–H groups in total. The fraction of sp³-hybridized carbons (Fsp3) is 0.316. The first-order valence-electron chi connectivity index (χ1n) is 8.24. The smallest absolute Gasteiger partial charge is 0.416 e. The molecule has 2 aromatic rings. The fourth-order valence-electron chi connectivity index (χ4n) is 2.26. The molecule has 2 rings (SSSR count). The maximum atomic E-state index is 12.5. The summed E-state index contributed by atoms with van der Waals surface area (Å²) in [5, 5.41) is 12.4. The Morgan fingerprint density at radius 1 is 1.15 bits per heavy atom. The Kier molecular flexibility index (Phi) is 7.67. The molecule has 0 bridgehead atoms. The first kappa shape index (κ1) is 21.2. The van der Waals surface area contributed by atoms with Gasteiger partial charge in [-0.3, -0.25) is 4.79 Å². The van der Waals surface area contributed by atoms with Gasteiger partial charge in [0, 0.05) is 17.4 Å². The average Bonchev–Trinajstić information content (AvgIpc) is 2.63. The fourth-order valence-corrected chi connectivity index (χ4v) is 2.74. The van der Waals surface area contributed by atoms with Crippen LogP contribution in [0.3, 0.4) is 0 Å². The number of hydrogen-bond donors (Lipinski definition) is 2. The molecule has 146 valence electrons. The van der Waals surface area contributed by atoms with Crippen molar-refractivity contribution in [1.29, 1.82) is 0 Å². The highest BCUT2D eigenvalue weighted by atomic mass is 79.9. The van der Waals surface area contributed by atoms with Crippen LogP contribution in [0.25, 0.3) is 0 Å². The van der Waals surface area contributed by atoms with Crippen LogP contribution in [0.4, 0.5) is 13.2 Å². The van der Waals surface area contributed by atoms with E-state index >= 15 is 0 Å². The van der Waals surface area contributed by atoms with E-state index in [0.717, 1.165) is 22.2 Å². The Morgan fingerprint density at radius 2 is 1.81 bits per heavy atom. The summed E-state index contributed by atoms with van der Waals surface area (Å²) in [7, 11) is 0. The third kappa shape index (κ3) is 7.22. The first-order chi connectivity index (χ1) is 12.8. The Bertz CT molecular complexity index is 751. The molecular weight excluding hydrogens is 427 g/mol. The lowest BCUT2D eigenvalue weighted by Gasteiger charge is -2.14. The molecule has 0 fully saturated rings. The lowest BCUT2D eigenvalue weighted by atomic mass is 10.1. The van der Waals surface area contributed by atoms with Gasteiger partial charge in [-0.2, -0.15) is 13.2 Å². The van der Waals surface area contributed by atoms with Gasteiger partial charge in [0.15, 0.2) is 0 Å². The predicted molar refractivity (Wildman–Crippen MR) is 98.4 cm³/mol. The van der Waals surface area contributed by atoms with Crippen LogP contribution in [0, 0.1) is 0 Å². The topological polar surface area (TPSA) is 58.6 Å². The Morgan fingerprint density at radius 3 is 2.44 bits per heavy atom. The van der Waals surface area contributed by atoms with Crippen LogP contribution < -0.4 is 10.1 Å². The summed E-state index contributed by atoms with van der Waals surface area (Å²) in [5.41, 5.74) is 0.242. The molecule has 0 aliphatic carbocycles. The van der Waals surface area contributed by atoms with E-state index < -0.39 is 17.8 Å². The van der Waals surface area contributed by atoms with Crippen LogP contribution in [0.15, 0.2) is 53.0 Å². The number of carbonyl (C=O) groups excluding carboxylic acids is 1. The van der Waals surface area contributed by atoms with Gasteiger partial charge in [-0.1, -0.05) is 34.1 Å². The number of ether oxygens (including phenoxy) is 1. The van der Waals surface area contributed by atoms with Gasteiger partial charge >= 0.3 is 6.18 Å². The summed E-state index contributed by atoms with van der Waals surface area (Å²) in [5.74, 6) is 0.00152. The molecule has 0 radical (unpaired) electrons. The van der Waals surface area contributed by atoms with Crippen LogP contribution >= 0.6 is 15.9 Å². The zero-order chi connectivity index (χ0) is 19.9. The molecule has 1 unspecified atom stereocenters. The number of nitrogens with one attached hydrogen (secondary N) is 1. The van der Waals surface area contributed by atoms with Gasteiger partial charge in [0.2, 0.25) is 5.91 Å². The molecule has 0 heterocycles. The lowest BCUT2D eigenvalue weighted by Crippen LogP contribution is -2.35. The maximum Gasteiger partial charge on any atom is 0.416 e. The van der Waals surface area contributed by atoms with Crippen molar-refractivity contribution >= 4 is 21.8 Å². The van der Waals surface area contributed by atoms with E-state index in [9.17, 15) is 23.1 Å². The number of halogens is 4. The summed E-state index contributed by atoms with van der Waals surface area (Å²) < 4.78 is 43.6. The highest BCUT2D eigenvalue weighted by Crippen LogP contribution is 2.30. The summed E-state index contributed by atoms with van der Waals surface area (Å²) in [6.07, 6.45) is -4.54. The minimum Gasteiger partial charge on any atom is -0.491 e. The normalized spacial score (nSPS) is 12.5. The van der Waals surface area contributed by atoms with Crippen molar-refractivity contribution in [3.8, 4) is 5.75 Å². The maximum absolute atomic E-state index is 12.5. The highest BCUT2D eigenvalue weighted by molar-refractivity contribution is 9.10. The van der Waals surface area contributed by atoms with Crippen LogP contribution in [0.2, 0.25) is 0 Å². The molecule has 0 aromatic heterocycles. The van der Waals surface area contributed by atoms with E-state index in [1.807, 2.05) is 24.3 Å². The largest absolute Gasteiger partial charge is 0.491 e. The van der Waals surface area contributed by atoms with Gasteiger partial charge in [-0.15, -0.1) is 0 Å². The molecule has 0 aliphatic rings. The lowest BCUT2D eigenvalue weighted by molar-refractivity contribution is -0.137.